The van der Waals surface area contributed by atoms with Crippen molar-refractivity contribution in [2.45, 2.75) is 18.9 Å². The number of pyridine rings is 1. The lowest BCUT2D eigenvalue weighted by Gasteiger charge is -2.28. The number of nitrogens with zero attached hydrogens (tertiary/aromatic N) is 3. The summed E-state index contributed by atoms with van der Waals surface area (Å²) in [5, 5.41) is 10.4. The summed E-state index contributed by atoms with van der Waals surface area (Å²) in [5.41, 5.74) is 0. The summed E-state index contributed by atoms with van der Waals surface area (Å²) in [6.07, 6.45) is 3.56. The van der Waals surface area contributed by atoms with Crippen LogP contribution in [0.1, 0.15) is 12.8 Å². The molecule has 92 valence electrons. The molecule has 1 aliphatic rings. The van der Waals surface area contributed by atoms with E-state index in [1.165, 1.54) is 12.3 Å². The average molecular weight is 237 g/mol. The highest BCUT2D eigenvalue weighted by Crippen LogP contribution is 2.19. The molecule has 0 atom stereocenters. The normalized spacial score (nSPS) is 17.9. The van der Waals surface area contributed by atoms with Crippen LogP contribution in [0.5, 0.6) is 5.75 Å². The van der Waals surface area contributed by atoms with Crippen LogP contribution in [0.4, 0.5) is 5.82 Å². The van der Waals surface area contributed by atoms with Crippen LogP contribution >= 0.6 is 0 Å². The van der Waals surface area contributed by atoms with Crippen molar-refractivity contribution in [3.05, 3.63) is 28.4 Å². The number of likely N-dealkylation sites (tertiary alicyclic amines) is 1. The van der Waals surface area contributed by atoms with Crippen molar-refractivity contribution in [3.63, 3.8) is 0 Å². The van der Waals surface area contributed by atoms with Crippen molar-refractivity contribution >= 4 is 5.82 Å². The van der Waals surface area contributed by atoms with Gasteiger partial charge < -0.3 is 19.8 Å². The lowest BCUT2D eigenvalue weighted by Crippen LogP contribution is -2.35. The molecular formula is C11H15N3O3. The Morgan fingerprint density at radius 3 is 2.71 bits per heavy atom. The zero-order valence-electron chi connectivity index (χ0n) is 9.70. The van der Waals surface area contributed by atoms with Crippen LogP contribution in [0.3, 0.4) is 0 Å². The fourth-order valence-corrected chi connectivity index (χ4v) is 1.85. The molecular weight excluding hydrogens is 222 g/mol. The van der Waals surface area contributed by atoms with E-state index in [-0.39, 0.29) is 11.9 Å². The minimum atomic E-state index is -0.515. The standard InChI is InChI=1S/C11H15N3O3/c1-13-6-4-9(5-7-13)17-10-2-3-11(12-8-10)14(15)16/h2-3,8-9H,4-7H2,1H3. The third-order valence-electron chi connectivity index (χ3n) is 2.88. The number of rotatable bonds is 3. The molecule has 0 spiro atoms. The lowest BCUT2D eigenvalue weighted by atomic mass is 10.1. The molecule has 1 fully saturated rings. The van der Waals surface area contributed by atoms with Crippen LogP contribution in [0.25, 0.3) is 0 Å². The number of hydrogen-bond donors (Lipinski definition) is 0. The maximum Gasteiger partial charge on any atom is 0.363 e. The Bertz CT molecular complexity index is 385. The van der Waals surface area contributed by atoms with Gasteiger partial charge in [0.1, 0.15) is 6.10 Å². The largest absolute Gasteiger partial charge is 0.486 e. The van der Waals surface area contributed by atoms with Crippen LogP contribution in [0, 0.1) is 10.1 Å². The summed E-state index contributed by atoms with van der Waals surface area (Å²) in [4.78, 5) is 15.9. The number of piperidine rings is 1. The molecule has 0 aromatic carbocycles. The highest BCUT2D eigenvalue weighted by atomic mass is 16.6. The Kier molecular flexibility index (Phi) is 3.53. The maximum atomic E-state index is 10.4. The first-order chi connectivity index (χ1) is 8.15. The van der Waals surface area contributed by atoms with Crippen molar-refractivity contribution in [1.82, 2.24) is 9.88 Å². The first-order valence-electron chi connectivity index (χ1n) is 5.61. The molecule has 17 heavy (non-hydrogen) atoms. The van der Waals surface area contributed by atoms with Gasteiger partial charge in [0.2, 0.25) is 0 Å². The van der Waals surface area contributed by atoms with E-state index >= 15 is 0 Å². The van der Waals surface area contributed by atoms with E-state index in [4.69, 9.17) is 4.74 Å². The number of hydrogen-bond acceptors (Lipinski definition) is 5. The van der Waals surface area contributed by atoms with Gasteiger partial charge >= 0.3 is 5.82 Å². The van der Waals surface area contributed by atoms with Gasteiger partial charge in [-0.15, -0.1) is 0 Å². The first kappa shape index (κ1) is 11.8. The maximum absolute atomic E-state index is 10.4. The second kappa shape index (κ2) is 5.09. The van der Waals surface area contributed by atoms with E-state index in [0.717, 1.165) is 25.9 Å². The van der Waals surface area contributed by atoms with Gasteiger partial charge in [-0.1, -0.05) is 0 Å². The summed E-state index contributed by atoms with van der Waals surface area (Å²) in [7, 11) is 2.09. The van der Waals surface area contributed by atoms with Gasteiger partial charge in [-0.25, -0.2) is 0 Å². The van der Waals surface area contributed by atoms with E-state index in [1.54, 1.807) is 6.07 Å². The average Bonchev–Trinajstić information content (AvgIpc) is 2.33. The Hall–Kier alpha value is -1.69. The van der Waals surface area contributed by atoms with Crippen molar-refractivity contribution in [3.8, 4) is 5.75 Å². The summed E-state index contributed by atoms with van der Waals surface area (Å²) >= 11 is 0. The SMILES string of the molecule is CN1CCC(Oc2ccc([N+](=O)[O-])nc2)CC1. The van der Waals surface area contributed by atoms with Crippen LogP contribution in [-0.4, -0.2) is 41.0 Å². The topological polar surface area (TPSA) is 68.5 Å². The highest BCUT2D eigenvalue weighted by Gasteiger charge is 2.18. The summed E-state index contributed by atoms with van der Waals surface area (Å²) < 4.78 is 5.73. The molecule has 2 rings (SSSR count). The predicted molar refractivity (Wildman–Crippen MR) is 62.0 cm³/mol. The highest BCUT2D eigenvalue weighted by molar-refractivity contribution is 5.26. The fourth-order valence-electron chi connectivity index (χ4n) is 1.85. The van der Waals surface area contributed by atoms with E-state index in [1.807, 2.05) is 0 Å². The van der Waals surface area contributed by atoms with Gasteiger partial charge in [0, 0.05) is 19.2 Å². The molecule has 0 saturated carbocycles. The quantitative estimate of drug-likeness (QED) is 0.588. The summed E-state index contributed by atoms with van der Waals surface area (Å²) in [6, 6.07) is 2.97. The molecule has 0 aliphatic carbocycles. The molecule has 6 nitrogen and oxygen atoms in total. The second-order valence-corrected chi connectivity index (χ2v) is 4.23. The third-order valence-corrected chi connectivity index (χ3v) is 2.88. The Morgan fingerprint density at radius 2 is 2.18 bits per heavy atom. The van der Waals surface area contributed by atoms with Gasteiger partial charge in [-0.3, -0.25) is 0 Å². The van der Waals surface area contributed by atoms with Gasteiger partial charge in [0.25, 0.3) is 0 Å². The third kappa shape index (κ3) is 3.13. The Balaban J connectivity index is 1.92. The molecule has 0 radical (unpaired) electrons. The molecule has 1 saturated heterocycles. The van der Waals surface area contributed by atoms with Crippen molar-refractivity contribution in [1.29, 1.82) is 0 Å². The zero-order valence-corrected chi connectivity index (χ0v) is 9.70. The summed E-state index contributed by atoms with van der Waals surface area (Å²) in [6.45, 7) is 2.04. The molecule has 1 aromatic heterocycles. The van der Waals surface area contributed by atoms with Gasteiger partial charge in [-0.05, 0) is 35.9 Å². The molecule has 6 heteroatoms. The summed E-state index contributed by atoms with van der Waals surface area (Å²) in [5.74, 6) is 0.450. The smallest absolute Gasteiger partial charge is 0.363 e. The molecule has 2 heterocycles. The van der Waals surface area contributed by atoms with Gasteiger partial charge in [0.05, 0.1) is 0 Å². The number of nitro groups is 1. The van der Waals surface area contributed by atoms with Crippen LogP contribution in [0.2, 0.25) is 0 Å². The van der Waals surface area contributed by atoms with Crippen LogP contribution in [-0.2, 0) is 0 Å². The minimum Gasteiger partial charge on any atom is -0.486 e. The van der Waals surface area contributed by atoms with Crippen molar-refractivity contribution in [2.75, 3.05) is 20.1 Å². The monoisotopic (exact) mass is 237 g/mol. The van der Waals surface area contributed by atoms with E-state index in [9.17, 15) is 10.1 Å². The Labute approximate surface area is 99.4 Å². The van der Waals surface area contributed by atoms with Crippen molar-refractivity contribution < 1.29 is 9.66 Å². The van der Waals surface area contributed by atoms with Gasteiger partial charge in [-0.2, -0.15) is 0 Å². The number of aromatic nitrogens is 1. The Morgan fingerprint density at radius 1 is 1.47 bits per heavy atom. The molecule has 0 unspecified atom stereocenters. The van der Waals surface area contributed by atoms with E-state index < -0.39 is 4.92 Å². The molecule has 0 N–H and O–H groups in total. The minimum absolute atomic E-state index is 0.152. The van der Waals surface area contributed by atoms with E-state index in [0.29, 0.717) is 5.75 Å². The second-order valence-electron chi connectivity index (χ2n) is 4.23. The predicted octanol–water partition coefficient (Wildman–Crippen LogP) is 1.46. The van der Waals surface area contributed by atoms with Crippen molar-refractivity contribution in [2.24, 2.45) is 0 Å². The van der Waals surface area contributed by atoms with Gasteiger partial charge in [0.15, 0.2) is 11.9 Å². The number of ether oxygens (including phenoxy) is 1. The molecule has 1 aliphatic heterocycles. The molecule has 0 bridgehead atoms. The van der Waals surface area contributed by atoms with Crippen LogP contribution in [0.15, 0.2) is 18.3 Å². The molecule has 1 aromatic rings. The van der Waals surface area contributed by atoms with E-state index in [2.05, 4.69) is 16.9 Å². The molecule has 0 amide bonds. The lowest BCUT2D eigenvalue weighted by molar-refractivity contribution is -0.389. The first-order valence-corrected chi connectivity index (χ1v) is 5.61. The zero-order chi connectivity index (χ0) is 12.3. The van der Waals surface area contributed by atoms with Crippen LogP contribution < -0.4 is 4.74 Å². The fraction of sp³-hybridized carbons (Fsp3) is 0.545.